The first kappa shape index (κ1) is 14.8. The lowest BCUT2D eigenvalue weighted by Crippen LogP contribution is -2.16. The molecule has 0 radical (unpaired) electrons. The number of amides is 1. The highest BCUT2D eigenvalue weighted by Gasteiger charge is 2.08. The zero-order valence-electron chi connectivity index (χ0n) is 12.1. The first-order chi connectivity index (χ1) is 10.7. The van der Waals surface area contributed by atoms with Crippen LogP contribution in [0.15, 0.2) is 40.7 Å². The van der Waals surface area contributed by atoms with Crippen LogP contribution in [0, 0.1) is 19.3 Å². The Morgan fingerprint density at radius 1 is 1.41 bits per heavy atom. The second kappa shape index (κ2) is 6.30. The molecule has 2 aromatic heterocycles. The van der Waals surface area contributed by atoms with Crippen molar-refractivity contribution in [3.8, 4) is 12.3 Å². The van der Waals surface area contributed by atoms with Gasteiger partial charge in [-0.25, -0.2) is 0 Å². The highest BCUT2D eigenvalue weighted by molar-refractivity contribution is 7.16. The molecule has 0 atom stereocenters. The van der Waals surface area contributed by atoms with Crippen LogP contribution in [0.5, 0.6) is 0 Å². The van der Waals surface area contributed by atoms with E-state index in [0.29, 0.717) is 17.8 Å². The third-order valence-corrected chi connectivity index (χ3v) is 5.13. The van der Waals surface area contributed by atoms with E-state index in [9.17, 15) is 4.79 Å². The smallest absolute Gasteiger partial charge is 0.253 e. The molecule has 0 N–H and O–H groups in total. The maximum Gasteiger partial charge on any atom is 0.253 e. The zero-order valence-corrected chi connectivity index (χ0v) is 13.7. The molecule has 5 heteroatoms. The minimum atomic E-state index is -0.142. The molecule has 0 spiro atoms. The van der Waals surface area contributed by atoms with E-state index in [1.54, 1.807) is 11.3 Å². The number of fused-ring (bicyclic) bond motifs is 1. The van der Waals surface area contributed by atoms with Gasteiger partial charge >= 0.3 is 0 Å². The van der Waals surface area contributed by atoms with Crippen molar-refractivity contribution in [3.05, 3.63) is 51.0 Å². The van der Waals surface area contributed by atoms with Gasteiger partial charge < -0.3 is 4.57 Å². The number of aromatic nitrogens is 1. The minimum absolute atomic E-state index is 0.142. The number of carbonyl (C=O) groups excluding carboxylic acids is 1. The maximum absolute atomic E-state index is 12.2. The molecule has 110 valence electrons. The molecule has 0 saturated carbocycles. The summed E-state index contributed by atoms with van der Waals surface area (Å²) in [6.45, 7) is 2.46. The van der Waals surface area contributed by atoms with Gasteiger partial charge in [0.1, 0.15) is 0 Å². The van der Waals surface area contributed by atoms with Gasteiger partial charge in [0.25, 0.3) is 5.91 Å². The van der Waals surface area contributed by atoms with Gasteiger partial charge in [-0.15, -0.1) is 17.8 Å². The Kier molecular flexibility index (Phi) is 4.23. The fourth-order valence-electron chi connectivity index (χ4n) is 2.22. The number of benzene rings is 1. The van der Waals surface area contributed by atoms with Gasteiger partial charge in [-0.1, -0.05) is 29.4 Å². The third-order valence-electron chi connectivity index (χ3n) is 3.21. The normalized spacial score (nSPS) is 11.7. The van der Waals surface area contributed by atoms with Gasteiger partial charge in [-0.2, -0.15) is 4.99 Å². The summed E-state index contributed by atoms with van der Waals surface area (Å²) < 4.78 is 3.02. The van der Waals surface area contributed by atoms with E-state index in [-0.39, 0.29) is 5.91 Å². The van der Waals surface area contributed by atoms with Gasteiger partial charge in [-0.3, -0.25) is 4.79 Å². The van der Waals surface area contributed by atoms with Crippen LogP contribution in [-0.4, -0.2) is 10.5 Å². The van der Waals surface area contributed by atoms with Crippen molar-refractivity contribution in [2.75, 3.05) is 0 Å². The van der Waals surface area contributed by atoms with E-state index in [4.69, 9.17) is 6.42 Å². The van der Waals surface area contributed by atoms with Crippen molar-refractivity contribution in [2.24, 2.45) is 4.99 Å². The summed E-state index contributed by atoms with van der Waals surface area (Å²) in [7, 11) is 0. The lowest BCUT2D eigenvalue weighted by Gasteiger charge is -1.99. The summed E-state index contributed by atoms with van der Waals surface area (Å²) in [6.07, 6.45) is 5.79. The number of hydrogen-bond donors (Lipinski definition) is 0. The maximum atomic E-state index is 12.2. The largest absolute Gasteiger partial charge is 0.305 e. The molecule has 0 unspecified atom stereocenters. The average molecular weight is 326 g/mol. The Hall–Kier alpha value is -2.16. The Morgan fingerprint density at radius 3 is 3.00 bits per heavy atom. The Labute approximate surface area is 136 Å². The molecule has 0 aliphatic carbocycles. The molecule has 1 amide bonds. The molecule has 3 nitrogen and oxygen atoms in total. The van der Waals surface area contributed by atoms with Gasteiger partial charge in [0.2, 0.25) is 0 Å². The van der Waals surface area contributed by atoms with Gasteiger partial charge in [0.05, 0.1) is 23.2 Å². The van der Waals surface area contributed by atoms with Crippen LogP contribution in [0.3, 0.4) is 0 Å². The van der Waals surface area contributed by atoms with E-state index < -0.39 is 0 Å². The fourth-order valence-corrected chi connectivity index (χ4v) is 4.06. The molecule has 0 bridgehead atoms. The van der Waals surface area contributed by atoms with Crippen molar-refractivity contribution >= 4 is 38.8 Å². The van der Waals surface area contributed by atoms with E-state index in [0.717, 1.165) is 15.1 Å². The summed E-state index contributed by atoms with van der Waals surface area (Å²) >= 11 is 3.07. The zero-order chi connectivity index (χ0) is 15.5. The van der Waals surface area contributed by atoms with Crippen LogP contribution in [0.2, 0.25) is 0 Å². The molecule has 0 aliphatic rings. The predicted molar refractivity (Wildman–Crippen MR) is 92.0 cm³/mol. The Morgan fingerprint density at radius 2 is 2.27 bits per heavy atom. The molecule has 3 aromatic rings. The molecule has 3 rings (SSSR count). The van der Waals surface area contributed by atoms with Crippen molar-refractivity contribution in [1.82, 2.24) is 4.57 Å². The summed E-state index contributed by atoms with van der Waals surface area (Å²) in [5.41, 5.74) is 2.20. The van der Waals surface area contributed by atoms with Gasteiger partial charge in [0, 0.05) is 4.88 Å². The third kappa shape index (κ3) is 3.03. The SMILES string of the molecule is C#CCn1c(=NC(=O)Cc2cccs2)sc2cc(C)ccc21. The number of carbonyl (C=O) groups is 1. The molecular weight excluding hydrogens is 312 g/mol. The van der Waals surface area contributed by atoms with Gasteiger partial charge in [-0.05, 0) is 36.1 Å². The van der Waals surface area contributed by atoms with Crippen molar-refractivity contribution in [1.29, 1.82) is 0 Å². The Balaban J connectivity index is 2.05. The van der Waals surface area contributed by atoms with Crippen molar-refractivity contribution in [2.45, 2.75) is 19.9 Å². The lowest BCUT2D eigenvalue weighted by molar-refractivity contribution is -0.117. The monoisotopic (exact) mass is 326 g/mol. The van der Waals surface area contributed by atoms with E-state index in [1.165, 1.54) is 16.9 Å². The van der Waals surface area contributed by atoms with E-state index in [2.05, 4.69) is 17.0 Å². The molecule has 0 saturated heterocycles. The van der Waals surface area contributed by atoms with Crippen LogP contribution in [0.25, 0.3) is 10.2 Å². The van der Waals surface area contributed by atoms with E-state index >= 15 is 0 Å². The standard InChI is InChI=1S/C17H14N2OS2/c1-3-8-19-14-7-6-12(2)10-15(14)22-17(19)18-16(20)11-13-5-4-9-21-13/h1,4-7,9-10H,8,11H2,2H3. The second-order valence-electron chi connectivity index (χ2n) is 4.91. The first-order valence-corrected chi connectivity index (χ1v) is 8.50. The predicted octanol–water partition coefficient (Wildman–Crippen LogP) is 3.38. The summed E-state index contributed by atoms with van der Waals surface area (Å²) in [4.78, 5) is 18.1. The van der Waals surface area contributed by atoms with Crippen LogP contribution in [-0.2, 0) is 17.8 Å². The van der Waals surface area contributed by atoms with Crippen LogP contribution in [0.1, 0.15) is 10.4 Å². The number of aryl methyl sites for hydroxylation is 1. The topological polar surface area (TPSA) is 34.4 Å². The summed E-state index contributed by atoms with van der Waals surface area (Å²) in [5, 5.41) is 1.96. The lowest BCUT2D eigenvalue weighted by atomic mass is 10.2. The van der Waals surface area contributed by atoms with Crippen molar-refractivity contribution < 1.29 is 4.79 Å². The molecule has 2 heterocycles. The Bertz CT molecular complexity index is 924. The number of nitrogens with zero attached hydrogens (tertiary/aromatic N) is 2. The van der Waals surface area contributed by atoms with Crippen LogP contribution < -0.4 is 4.80 Å². The number of rotatable bonds is 3. The molecule has 22 heavy (non-hydrogen) atoms. The highest BCUT2D eigenvalue weighted by Crippen LogP contribution is 2.19. The quantitative estimate of drug-likeness (QED) is 0.680. The molecular formula is C17H14N2OS2. The number of thiazole rings is 1. The molecule has 1 aromatic carbocycles. The summed E-state index contributed by atoms with van der Waals surface area (Å²) in [5.74, 6) is 2.49. The fraction of sp³-hybridized carbons (Fsp3) is 0.176. The second-order valence-corrected chi connectivity index (χ2v) is 6.95. The molecule has 0 aliphatic heterocycles. The van der Waals surface area contributed by atoms with E-state index in [1.807, 2.05) is 41.1 Å². The first-order valence-electron chi connectivity index (χ1n) is 6.81. The minimum Gasteiger partial charge on any atom is -0.305 e. The average Bonchev–Trinajstić information content (AvgIpc) is 3.08. The number of terminal acetylenes is 1. The highest BCUT2D eigenvalue weighted by atomic mass is 32.1. The number of thiophene rings is 1. The van der Waals surface area contributed by atoms with Crippen molar-refractivity contribution in [3.63, 3.8) is 0 Å². The molecule has 0 fully saturated rings. The van der Waals surface area contributed by atoms with Crippen LogP contribution in [0.4, 0.5) is 0 Å². The summed E-state index contributed by atoms with van der Waals surface area (Å²) in [6, 6.07) is 10.0. The number of hydrogen-bond acceptors (Lipinski definition) is 3. The van der Waals surface area contributed by atoms with Crippen LogP contribution >= 0.6 is 22.7 Å². The van der Waals surface area contributed by atoms with Gasteiger partial charge in [0.15, 0.2) is 4.80 Å².